The Hall–Kier alpha value is -1.14. The quantitative estimate of drug-likeness (QED) is 0.334. The normalized spacial score (nSPS) is 30.9. The predicted molar refractivity (Wildman–Crippen MR) is 51.7 cm³/mol. The molecule has 0 spiro atoms. The maximum Gasteiger partial charge on any atom is 0.318 e. The standard InChI is InChI=1S/C9H16N2O4/c10-6-3-1-2-4-9(6,11)15-8(14)5-7(12)13/h6H,1-5,10-11H2,(H,12,13). The first-order valence-corrected chi connectivity index (χ1v) is 4.92. The van der Waals surface area contributed by atoms with Gasteiger partial charge in [0, 0.05) is 6.42 Å². The molecule has 5 N–H and O–H groups in total. The molecule has 0 saturated heterocycles. The van der Waals surface area contributed by atoms with Crippen molar-refractivity contribution in [2.45, 2.75) is 43.9 Å². The zero-order valence-corrected chi connectivity index (χ0v) is 8.44. The van der Waals surface area contributed by atoms with Crippen LogP contribution in [0, 0.1) is 0 Å². The van der Waals surface area contributed by atoms with E-state index in [9.17, 15) is 9.59 Å². The third kappa shape index (κ3) is 3.17. The number of carboxylic acid groups (broad SMARTS) is 1. The van der Waals surface area contributed by atoms with Crippen LogP contribution in [0.25, 0.3) is 0 Å². The minimum atomic E-state index is -1.23. The molecule has 1 aliphatic carbocycles. The second kappa shape index (κ2) is 4.59. The summed E-state index contributed by atoms with van der Waals surface area (Å²) in [4.78, 5) is 21.4. The third-order valence-electron chi connectivity index (χ3n) is 2.56. The van der Waals surface area contributed by atoms with E-state index in [1.807, 2.05) is 0 Å². The van der Waals surface area contributed by atoms with Crippen LogP contribution in [-0.2, 0) is 14.3 Å². The Kier molecular flexibility index (Phi) is 3.65. The van der Waals surface area contributed by atoms with Crippen molar-refractivity contribution in [3.05, 3.63) is 0 Å². The van der Waals surface area contributed by atoms with Gasteiger partial charge in [0.15, 0.2) is 5.72 Å². The largest absolute Gasteiger partial charge is 0.481 e. The van der Waals surface area contributed by atoms with Crippen molar-refractivity contribution >= 4 is 11.9 Å². The first kappa shape index (κ1) is 11.9. The topological polar surface area (TPSA) is 116 Å². The van der Waals surface area contributed by atoms with Crippen molar-refractivity contribution in [3.8, 4) is 0 Å². The first-order valence-electron chi connectivity index (χ1n) is 4.92. The molecular formula is C9H16N2O4. The molecule has 1 fully saturated rings. The molecule has 0 bridgehead atoms. The Morgan fingerprint density at radius 3 is 2.67 bits per heavy atom. The van der Waals surface area contributed by atoms with E-state index >= 15 is 0 Å². The smallest absolute Gasteiger partial charge is 0.318 e. The van der Waals surface area contributed by atoms with Gasteiger partial charge in [-0.2, -0.15) is 0 Å². The molecule has 1 rings (SSSR count). The zero-order chi connectivity index (χ0) is 11.5. The summed E-state index contributed by atoms with van der Waals surface area (Å²) in [6.45, 7) is 0. The lowest BCUT2D eigenvalue weighted by Crippen LogP contribution is -2.59. The number of hydrogen-bond acceptors (Lipinski definition) is 5. The van der Waals surface area contributed by atoms with Crippen molar-refractivity contribution in [2.75, 3.05) is 0 Å². The summed E-state index contributed by atoms with van der Waals surface area (Å²) in [5.74, 6) is -2.06. The van der Waals surface area contributed by atoms with Crippen LogP contribution in [0.5, 0.6) is 0 Å². The van der Waals surface area contributed by atoms with E-state index in [0.717, 1.165) is 12.8 Å². The summed E-state index contributed by atoms with van der Waals surface area (Å²) in [5, 5.41) is 8.39. The van der Waals surface area contributed by atoms with Crippen LogP contribution in [0.3, 0.4) is 0 Å². The zero-order valence-electron chi connectivity index (χ0n) is 8.44. The molecule has 0 radical (unpaired) electrons. The molecule has 6 nitrogen and oxygen atoms in total. The highest BCUT2D eigenvalue weighted by Crippen LogP contribution is 2.26. The highest BCUT2D eigenvalue weighted by Gasteiger charge is 2.38. The average Bonchev–Trinajstić information content (AvgIpc) is 2.08. The number of nitrogens with two attached hydrogens (primary N) is 2. The van der Waals surface area contributed by atoms with E-state index < -0.39 is 30.1 Å². The summed E-state index contributed by atoms with van der Waals surface area (Å²) in [7, 11) is 0. The van der Waals surface area contributed by atoms with Crippen molar-refractivity contribution < 1.29 is 19.4 Å². The molecule has 0 aromatic carbocycles. The van der Waals surface area contributed by atoms with Gasteiger partial charge in [0.2, 0.25) is 0 Å². The Morgan fingerprint density at radius 1 is 1.47 bits per heavy atom. The molecule has 0 amide bonds. The van der Waals surface area contributed by atoms with Crippen molar-refractivity contribution in [1.29, 1.82) is 0 Å². The summed E-state index contributed by atoms with van der Waals surface area (Å²) < 4.78 is 4.93. The van der Waals surface area contributed by atoms with Crippen LogP contribution in [0.1, 0.15) is 32.1 Å². The van der Waals surface area contributed by atoms with Crippen LogP contribution >= 0.6 is 0 Å². The molecule has 2 unspecified atom stereocenters. The van der Waals surface area contributed by atoms with Gasteiger partial charge < -0.3 is 15.6 Å². The molecule has 0 heterocycles. The first-order chi connectivity index (χ1) is 6.94. The molecule has 0 aromatic heterocycles. The molecule has 0 aromatic rings. The number of carbonyl (C=O) groups excluding carboxylic acids is 1. The van der Waals surface area contributed by atoms with E-state index in [1.165, 1.54) is 0 Å². The van der Waals surface area contributed by atoms with Crippen LogP contribution in [0.4, 0.5) is 0 Å². The summed E-state index contributed by atoms with van der Waals surface area (Å²) in [5.41, 5.74) is 10.4. The van der Waals surface area contributed by atoms with E-state index in [2.05, 4.69) is 0 Å². The number of aliphatic carboxylic acids is 1. The van der Waals surface area contributed by atoms with Gasteiger partial charge in [-0.05, 0) is 12.8 Å². The molecule has 86 valence electrons. The molecule has 15 heavy (non-hydrogen) atoms. The predicted octanol–water partition coefficient (Wildman–Crippen LogP) is -0.439. The van der Waals surface area contributed by atoms with Crippen molar-refractivity contribution in [3.63, 3.8) is 0 Å². The number of hydrogen-bond donors (Lipinski definition) is 3. The number of esters is 1. The maximum atomic E-state index is 11.1. The van der Waals surface area contributed by atoms with E-state index in [0.29, 0.717) is 12.8 Å². The van der Waals surface area contributed by atoms with Gasteiger partial charge in [-0.15, -0.1) is 0 Å². The van der Waals surface area contributed by atoms with Gasteiger partial charge >= 0.3 is 11.9 Å². The van der Waals surface area contributed by atoms with Gasteiger partial charge in [-0.25, -0.2) is 0 Å². The average molecular weight is 216 g/mol. The van der Waals surface area contributed by atoms with Crippen LogP contribution in [0.15, 0.2) is 0 Å². The highest BCUT2D eigenvalue weighted by atomic mass is 16.6. The summed E-state index contributed by atoms with van der Waals surface area (Å²) >= 11 is 0. The molecule has 1 saturated carbocycles. The van der Waals surface area contributed by atoms with E-state index in [1.54, 1.807) is 0 Å². The lowest BCUT2D eigenvalue weighted by molar-refractivity contribution is -0.168. The Balaban J connectivity index is 2.54. The fourth-order valence-corrected chi connectivity index (χ4v) is 1.69. The molecule has 6 heteroatoms. The van der Waals surface area contributed by atoms with Crippen molar-refractivity contribution in [2.24, 2.45) is 11.5 Å². The number of carboxylic acids is 1. The van der Waals surface area contributed by atoms with Crippen LogP contribution in [-0.4, -0.2) is 28.8 Å². The minimum Gasteiger partial charge on any atom is -0.481 e. The monoisotopic (exact) mass is 216 g/mol. The van der Waals surface area contributed by atoms with Gasteiger partial charge in [0.1, 0.15) is 6.42 Å². The second-order valence-electron chi connectivity index (χ2n) is 3.85. The fourth-order valence-electron chi connectivity index (χ4n) is 1.69. The number of carbonyl (C=O) groups is 2. The number of rotatable bonds is 3. The Bertz CT molecular complexity index is 269. The SMILES string of the molecule is NC1CCCCC1(N)OC(=O)CC(=O)O. The molecule has 0 aliphatic heterocycles. The highest BCUT2D eigenvalue weighted by molar-refractivity contribution is 5.90. The lowest BCUT2D eigenvalue weighted by Gasteiger charge is -2.37. The van der Waals surface area contributed by atoms with Crippen LogP contribution < -0.4 is 11.5 Å². The van der Waals surface area contributed by atoms with E-state index in [-0.39, 0.29) is 0 Å². The third-order valence-corrected chi connectivity index (χ3v) is 2.56. The summed E-state index contributed by atoms with van der Waals surface area (Å²) in [6.07, 6.45) is 2.29. The van der Waals surface area contributed by atoms with Gasteiger partial charge in [-0.1, -0.05) is 6.42 Å². The number of ether oxygens (including phenoxy) is 1. The molecule has 2 atom stereocenters. The fraction of sp³-hybridized carbons (Fsp3) is 0.778. The molecular weight excluding hydrogens is 200 g/mol. The Labute approximate surface area is 87.6 Å². The lowest BCUT2D eigenvalue weighted by atomic mass is 9.88. The molecule has 1 aliphatic rings. The van der Waals surface area contributed by atoms with E-state index in [4.69, 9.17) is 21.3 Å². The van der Waals surface area contributed by atoms with Crippen LogP contribution in [0.2, 0.25) is 0 Å². The van der Waals surface area contributed by atoms with Gasteiger partial charge in [0.25, 0.3) is 0 Å². The minimum absolute atomic E-state index is 0.413. The second-order valence-corrected chi connectivity index (χ2v) is 3.85. The van der Waals surface area contributed by atoms with Crippen molar-refractivity contribution in [1.82, 2.24) is 0 Å². The van der Waals surface area contributed by atoms with Gasteiger partial charge in [-0.3, -0.25) is 15.3 Å². The summed E-state index contributed by atoms with van der Waals surface area (Å²) in [6, 6.07) is -0.413. The Morgan fingerprint density at radius 2 is 2.13 bits per heavy atom. The van der Waals surface area contributed by atoms with Gasteiger partial charge in [0.05, 0.1) is 6.04 Å². The maximum absolute atomic E-state index is 11.1.